The fourth-order valence-corrected chi connectivity index (χ4v) is 2.74. The molecule has 0 radical (unpaired) electrons. The number of carbonyl (C=O) groups excluding carboxylic acids is 1. The highest BCUT2D eigenvalue weighted by Crippen LogP contribution is 2.32. The molecule has 4 heteroatoms. The van der Waals surface area contributed by atoms with Gasteiger partial charge in [-0.25, -0.2) is 4.79 Å². The fraction of sp³-hybridized carbons (Fsp3) is 0.167. The van der Waals surface area contributed by atoms with Gasteiger partial charge in [0.05, 0.1) is 0 Å². The molecule has 1 heterocycles. The maximum Gasteiger partial charge on any atom is 0.404 e. The van der Waals surface area contributed by atoms with E-state index in [4.69, 9.17) is 10.5 Å². The average Bonchev–Trinajstić information content (AvgIpc) is 2.82. The monoisotopic (exact) mass is 294 g/mol. The minimum atomic E-state index is -0.758. The smallest absolute Gasteiger partial charge is 0.404 e. The molecule has 3 N–H and O–H groups in total. The average molecular weight is 294 g/mol. The molecule has 3 aromatic rings. The molecule has 0 atom stereocenters. The van der Waals surface area contributed by atoms with Crippen LogP contribution in [0.2, 0.25) is 0 Å². The van der Waals surface area contributed by atoms with Gasteiger partial charge in [0.15, 0.2) is 0 Å². The minimum Gasteiger partial charge on any atom is -0.445 e. The van der Waals surface area contributed by atoms with E-state index in [1.807, 2.05) is 30.3 Å². The van der Waals surface area contributed by atoms with Crippen molar-refractivity contribution in [3.8, 4) is 11.3 Å². The second-order valence-electron chi connectivity index (χ2n) is 5.43. The van der Waals surface area contributed by atoms with Crippen LogP contribution in [0, 0.1) is 13.8 Å². The summed E-state index contributed by atoms with van der Waals surface area (Å²) in [6.45, 7) is 4.39. The van der Waals surface area contributed by atoms with Gasteiger partial charge in [-0.1, -0.05) is 30.3 Å². The van der Waals surface area contributed by atoms with E-state index >= 15 is 0 Å². The summed E-state index contributed by atoms with van der Waals surface area (Å²) >= 11 is 0. The van der Waals surface area contributed by atoms with Crippen LogP contribution in [0.4, 0.5) is 4.79 Å². The second kappa shape index (κ2) is 5.56. The molecule has 0 spiro atoms. The molecule has 1 amide bonds. The number of nitrogens with one attached hydrogen (secondary N) is 1. The van der Waals surface area contributed by atoms with Crippen LogP contribution in [0.25, 0.3) is 22.2 Å². The summed E-state index contributed by atoms with van der Waals surface area (Å²) in [6.07, 6.45) is -0.758. The molecule has 0 aliphatic rings. The Morgan fingerprint density at radius 3 is 2.68 bits per heavy atom. The first kappa shape index (κ1) is 14.2. The summed E-state index contributed by atoms with van der Waals surface area (Å²) in [5.41, 5.74) is 11.7. The molecule has 0 saturated carbocycles. The first-order chi connectivity index (χ1) is 10.6. The molecule has 4 nitrogen and oxygen atoms in total. The molecule has 0 unspecified atom stereocenters. The zero-order valence-corrected chi connectivity index (χ0v) is 12.6. The topological polar surface area (TPSA) is 68.1 Å². The van der Waals surface area contributed by atoms with Gasteiger partial charge in [-0.15, -0.1) is 0 Å². The maximum absolute atomic E-state index is 10.7. The van der Waals surface area contributed by atoms with Crippen LogP contribution in [-0.2, 0) is 11.3 Å². The van der Waals surface area contributed by atoms with Crippen molar-refractivity contribution >= 4 is 17.0 Å². The highest BCUT2D eigenvalue weighted by atomic mass is 16.5. The molecule has 0 aliphatic heterocycles. The Bertz CT molecular complexity index is 849. The predicted octanol–water partition coefficient (Wildman–Crippen LogP) is 4.05. The summed E-state index contributed by atoms with van der Waals surface area (Å²) in [5.74, 6) is 0. The quantitative estimate of drug-likeness (QED) is 0.765. The summed E-state index contributed by atoms with van der Waals surface area (Å²) in [4.78, 5) is 14.2. The number of carbonyl (C=O) groups is 1. The van der Waals surface area contributed by atoms with Crippen LogP contribution in [0.5, 0.6) is 0 Å². The van der Waals surface area contributed by atoms with Gasteiger partial charge < -0.3 is 15.5 Å². The van der Waals surface area contributed by atoms with Crippen molar-refractivity contribution in [2.45, 2.75) is 20.5 Å². The SMILES string of the molecule is Cc1ccccc1-c1[nH]c2ccc(COC(N)=O)cc2c1C. The van der Waals surface area contributed by atoms with Crippen LogP contribution in [0.15, 0.2) is 42.5 Å². The summed E-state index contributed by atoms with van der Waals surface area (Å²) in [5, 5.41) is 1.13. The minimum absolute atomic E-state index is 0.190. The zero-order chi connectivity index (χ0) is 15.7. The van der Waals surface area contributed by atoms with Gasteiger partial charge in [-0.2, -0.15) is 0 Å². The lowest BCUT2D eigenvalue weighted by molar-refractivity contribution is 0.150. The largest absolute Gasteiger partial charge is 0.445 e. The van der Waals surface area contributed by atoms with Crippen molar-refractivity contribution in [1.82, 2.24) is 4.98 Å². The Labute approximate surface area is 128 Å². The van der Waals surface area contributed by atoms with Gasteiger partial charge in [0.2, 0.25) is 0 Å². The Morgan fingerprint density at radius 1 is 1.18 bits per heavy atom. The van der Waals surface area contributed by atoms with Crippen molar-refractivity contribution in [3.63, 3.8) is 0 Å². The highest BCUT2D eigenvalue weighted by molar-refractivity contribution is 5.91. The van der Waals surface area contributed by atoms with E-state index in [0.717, 1.165) is 22.2 Å². The van der Waals surface area contributed by atoms with Gasteiger partial charge in [0.1, 0.15) is 6.61 Å². The van der Waals surface area contributed by atoms with Crippen LogP contribution >= 0.6 is 0 Å². The van der Waals surface area contributed by atoms with Crippen molar-refractivity contribution in [2.24, 2.45) is 5.73 Å². The number of benzene rings is 2. The molecule has 0 aliphatic carbocycles. The number of aryl methyl sites for hydroxylation is 2. The second-order valence-corrected chi connectivity index (χ2v) is 5.43. The van der Waals surface area contributed by atoms with E-state index < -0.39 is 6.09 Å². The number of hydrogen-bond donors (Lipinski definition) is 2. The normalized spacial score (nSPS) is 10.8. The molecule has 2 aromatic carbocycles. The lowest BCUT2D eigenvalue weighted by Gasteiger charge is -2.04. The number of amides is 1. The number of hydrogen-bond acceptors (Lipinski definition) is 2. The Kier molecular flexibility index (Phi) is 3.59. The fourth-order valence-electron chi connectivity index (χ4n) is 2.74. The van der Waals surface area contributed by atoms with Gasteiger partial charge in [0, 0.05) is 22.2 Å². The zero-order valence-electron chi connectivity index (χ0n) is 12.6. The van der Waals surface area contributed by atoms with Gasteiger partial charge >= 0.3 is 6.09 Å². The van der Waals surface area contributed by atoms with Gasteiger partial charge in [0.25, 0.3) is 0 Å². The summed E-state index contributed by atoms with van der Waals surface area (Å²) in [7, 11) is 0. The van der Waals surface area contributed by atoms with Crippen molar-refractivity contribution < 1.29 is 9.53 Å². The number of H-pyrrole nitrogens is 1. The van der Waals surface area contributed by atoms with E-state index in [0.29, 0.717) is 0 Å². The number of aromatic nitrogens is 1. The van der Waals surface area contributed by atoms with Crippen LogP contribution in [0.3, 0.4) is 0 Å². The summed E-state index contributed by atoms with van der Waals surface area (Å²) in [6, 6.07) is 14.3. The number of aromatic amines is 1. The molecule has 1 aromatic heterocycles. The molecular weight excluding hydrogens is 276 g/mol. The third-order valence-corrected chi connectivity index (χ3v) is 3.92. The number of ether oxygens (including phenoxy) is 1. The predicted molar refractivity (Wildman–Crippen MR) is 87.6 cm³/mol. The molecular formula is C18H18N2O2. The van der Waals surface area contributed by atoms with Crippen LogP contribution in [0.1, 0.15) is 16.7 Å². The first-order valence-corrected chi connectivity index (χ1v) is 7.15. The van der Waals surface area contributed by atoms with E-state index in [1.54, 1.807) is 0 Å². The van der Waals surface area contributed by atoms with Crippen LogP contribution < -0.4 is 5.73 Å². The lowest BCUT2D eigenvalue weighted by atomic mass is 10.0. The van der Waals surface area contributed by atoms with Crippen molar-refractivity contribution in [3.05, 3.63) is 59.2 Å². The molecule has 0 bridgehead atoms. The standard InChI is InChI=1S/C18H18N2O2/c1-11-5-3-4-6-14(11)17-12(2)15-9-13(10-22-18(19)21)7-8-16(15)20-17/h3-9,20H,10H2,1-2H3,(H2,19,21). The third-order valence-electron chi connectivity index (χ3n) is 3.92. The summed E-state index contributed by atoms with van der Waals surface area (Å²) < 4.78 is 4.86. The number of fused-ring (bicyclic) bond motifs is 1. The number of primary amides is 1. The third kappa shape index (κ3) is 2.55. The van der Waals surface area contributed by atoms with E-state index in [2.05, 4.69) is 31.0 Å². The highest BCUT2D eigenvalue weighted by Gasteiger charge is 2.11. The molecule has 22 heavy (non-hydrogen) atoms. The number of rotatable bonds is 3. The lowest BCUT2D eigenvalue weighted by Crippen LogP contribution is -2.12. The Hall–Kier alpha value is -2.75. The maximum atomic E-state index is 10.7. The van der Waals surface area contributed by atoms with Gasteiger partial charge in [-0.05, 0) is 42.7 Å². The molecule has 0 saturated heterocycles. The van der Waals surface area contributed by atoms with Crippen LogP contribution in [-0.4, -0.2) is 11.1 Å². The van der Waals surface area contributed by atoms with E-state index in [1.165, 1.54) is 16.7 Å². The Balaban J connectivity index is 2.06. The Morgan fingerprint density at radius 2 is 1.95 bits per heavy atom. The van der Waals surface area contributed by atoms with Gasteiger partial charge in [-0.3, -0.25) is 0 Å². The number of nitrogens with two attached hydrogens (primary N) is 1. The molecule has 3 rings (SSSR count). The van der Waals surface area contributed by atoms with Crippen molar-refractivity contribution in [1.29, 1.82) is 0 Å². The van der Waals surface area contributed by atoms with E-state index in [9.17, 15) is 4.79 Å². The first-order valence-electron chi connectivity index (χ1n) is 7.15. The van der Waals surface area contributed by atoms with Crippen molar-refractivity contribution in [2.75, 3.05) is 0 Å². The molecule has 0 fully saturated rings. The van der Waals surface area contributed by atoms with E-state index in [-0.39, 0.29) is 6.61 Å². The molecule has 112 valence electrons.